The van der Waals surface area contributed by atoms with Gasteiger partial charge in [0.2, 0.25) is 11.8 Å². The second-order valence-electron chi connectivity index (χ2n) is 9.20. The third-order valence-corrected chi connectivity index (χ3v) is 7.43. The molecule has 1 aromatic rings. The Morgan fingerprint density at radius 3 is 2.00 bits per heavy atom. The molecule has 200 valence electrons. The molecule has 0 saturated carbocycles. The summed E-state index contributed by atoms with van der Waals surface area (Å²) in [6.45, 7) is 5.96. The number of halogens is 2. The van der Waals surface area contributed by atoms with E-state index in [2.05, 4.69) is 16.0 Å². The Morgan fingerprint density at radius 2 is 1.50 bits per heavy atom. The number of epoxide rings is 1. The highest BCUT2D eigenvalue weighted by atomic mass is 35.5. The monoisotopic (exact) mass is 577 g/mol. The number of carbonyl (C=O) groups is 4. The highest BCUT2D eigenvalue weighted by molar-refractivity contribution is 7.98. The van der Waals surface area contributed by atoms with Crippen molar-refractivity contribution in [2.75, 3.05) is 30.6 Å². The number of ether oxygens (including phenoxy) is 1. The summed E-state index contributed by atoms with van der Waals surface area (Å²) in [5.41, 5.74) is -0.729. The molecule has 0 aromatic heterocycles. The van der Waals surface area contributed by atoms with Crippen LogP contribution in [0, 0.1) is 5.92 Å². The Bertz CT molecular complexity index is 975. The van der Waals surface area contributed by atoms with E-state index in [1.165, 1.54) is 35.7 Å². The molecule has 4 atom stereocenters. The molecule has 12 heteroatoms. The summed E-state index contributed by atoms with van der Waals surface area (Å²) in [5, 5.41) is 8.77. The number of thioether (sulfide) groups is 2. The van der Waals surface area contributed by atoms with Crippen molar-refractivity contribution in [3.05, 3.63) is 33.8 Å². The molecule has 2 rings (SSSR count). The number of hydrogen-bond acceptors (Lipinski definition) is 7. The third kappa shape index (κ3) is 8.83. The molecule has 0 bridgehead atoms. The minimum Gasteiger partial charge on any atom is -0.361 e. The number of amides is 3. The van der Waals surface area contributed by atoms with Crippen molar-refractivity contribution in [2.24, 2.45) is 5.92 Å². The Hall–Kier alpha value is -1.46. The first-order chi connectivity index (χ1) is 16.9. The molecule has 0 aliphatic carbocycles. The molecule has 1 heterocycles. The number of nitrogens with one attached hydrogen (secondary N) is 3. The summed E-state index contributed by atoms with van der Waals surface area (Å²) in [5.74, 6) is -0.994. The van der Waals surface area contributed by atoms with Gasteiger partial charge in [0.05, 0.1) is 23.2 Å². The number of Topliss-reactive ketones (excluding diaryl/α,β-unsaturated/α-hetero) is 1. The van der Waals surface area contributed by atoms with Crippen LogP contribution in [0.15, 0.2) is 18.2 Å². The number of hydrogen-bond donors (Lipinski definition) is 3. The zero-order valence-corrected chi connectivity index (χ0v) is 24.1. The van der Waals surface area contributed by atoms with Gasteiger partial charge in [0.25, 0.3) is 5.91 Å². The molecule has 36 heavy (non-hydrogen) atoms. The summed E-state index contributed by atoms with van der Waals surface area (Å²) in [4.78, 5) is 52.0. The number of benzene rings is 1. The zero-order chi connectivity index (χ0) is 27.0. The summed E-state index contributed by atoms with van der Waals surface area (Å²) in [6, 6.07) is 1.94. The maximum Gasteiger partial charge on any atom is 0.253 e. The van der Waals surface area contributed by atoms with Crippen molar-refractivity contribution < 1.29 is 23.9 Å². The van der Waals surface area contributed by atoms with Crippen LogP contribution >= 0.6 is 46.7 Å². The molecule has 3 amide bonds. The average molecular weight is 579 g/mol. The summed E-state index contributed by atoms with van der Waals surface area (Å²) in [6.07, 6.45) is 4.06. The quantitative estimate of drug-likeness (QED) is 0.291. The lowest BCUT2D eigenvalue weighted by Gasteiger charge is -2.26. The SMILES string of the molecule is CSC[C@@H](NC(=O)c1cc(Cl)ccc1Cl)C(=O)N[C@H](CSC)C(=O)N[C@@H](CC(C)C)C(=O)[C@@]1(C)CO1. The van der Waals surface area contributed by atoms with Gasteiger partial charge in [-0.15, -0.1) is 0 Å². The van der Waals surface area contributed by atoms with Gasteiger partial charge >= 0.3 is 0 Å². The largest absolute Gasteiger partial charge is 0.361 e. The van der Waals surface area contributed by atoms with Gasteiger partial charge < -0.3 is 20.7 Å². The molecule has 1 aromatic carbocycles. The van der Waals surface area contributed by atoms with Crippen LogP contribution < -0.4 is 16.0 Å². The maximum absolute atomic E-state index is 13.2. The van der Waals surface area contributed by atoms with Gasteiger partial charge in [0.1, 0.15) is 17.7 Å². The van der Waals surface area contributed by atoms with Crippen LogP contribution in [0.5, 0.6) is 0 Å². The van der Waals surface area contributed by atoms with Crippen LogP contribution in [-0.2, 0) is 19.1 Å². The van der Waals surface area contributed by atoms with E-state index in [9.17, 15) is 19.2 Å². The molecular formula is C24H33Cl2N3O5S2. The second kappa shape index (κ2) is 13.9. The van der Waals surface area contributed by atoms with Gasteiger partial charge in [-0.3, -0.25) is 19.2 Å². The number of ketones is 1. The average Bonchev–Trinajstić information content (AvgIpc) is 3.57. The predicted octanol–water partition coefficient (Wildman–Crippen LogP) is 3.19. The van der Waals surface area contributed by atoms with Crippen molar-refractivity contribution in [3.63, 3.8) is 0 Å². The molecule has 8 nitrogen and oxygen atoms in total. The van der Waals surface area contributed by atoms with Crippen LogP contribution in [0.4, 0.5) is 0 Å². The summed E-state index contributed by atoms with van der Waals surface area (Å²) >= 11 is 14.9. The van der Waals surface area contributed by atoms with E-state index in [0.717, 1.165) is 0 Å². The van der Waals surface area contributed by atoms with Gasteiger partial charge in [0.15, 0.2) is 5.78 Å². The van der Waals surface area contributed by atoms with Crippen molar-refractivity contribution in [1.29, 1.82) is 0 Å². The van der Waals surface area contributed by atoms with Crippen LogP contribution in [0.2, 0.25) is 10.0 Å². The molecular weight excluding hydrogens is 545 g/mol. The molecule has 1 saturated heterocycles. The summed E-state index contributed by atoms with van der Waals surface area (Å²) in [7, 11) is 0. The fourth-order valence-electron chi connectivity index (χ4n) is 3.47. The molecule has 1 fully saturated rings. The molecule has 3 N–H and O–H groups in total. The Morgan fingerprint density at radius 1 is 0.972 bits per heavy atom. The topological polar surface area (TPSA) is 117 Å². The van der Waals surface area contributed by atoms with Gasteiger partial charge in [-0.05, 0) is 50.0 Å². The van der Waals surface area contributed by atoms with Crippen molar-refractivity contribution in [2.45, 2.75) is 50.9 Å². The smallest absolute Gasteiger partial charge is 0.253 e. The predicted molar refractivity (Wildman–Crippen MR) is 147 cm³/mol. The van der Waals surface area contributed by atoms with Gasteiger partial charge in [-0.1, -0.05) is 37.0 Å². The standard InChI is InChI=1S/C24H33Cl2N3O5S2/c1-13(2)8-17(20(30)24(3)12-34-24)27-22(32)19(11-36-5)29-23(33)18(10-35-4)28-21(31)15-9-14(25)6-7-16(15)26/h6-7,9,13,17-19H,8,10-12H2,1-5H3,(H,27,32)(H,28,31)(H,29,33)/t17-,18+,19+,24+/m0/s1. The number of rotatable bonds is 14. The maximum atomic E-state index is 13.2. The van der Waals surface area contributed by atoms with Crippen LogP contribution in [0.1, 0.15) is 37.6 Å². The normalized spacial score (nSPS) is 19.2. The molecule has 1 aliphatic heterocycles. The Balaban J connectivity index is 2.13. The molecule has 0 spiro atoms. The van der Waals surface area contributed by atoms with Crippen molar-refractivity contribution in [3.8, 4) is 0 Å². The lowest BCUT2D eigenvalue weighted by atomic mass is 9.93. The molecule has 1 aliphatic rings. The van der Waals surface area contributed by atoms with E-state index in [4.69, 9.17) is 27.9 Å². The van der Waals surface area contributed by atoms with E-state index in [-0.39, 0.29) is 33.8 Å². The van der Waals surface area contributed by atoms with E-state index >= 15 is 0 Å². The number of carbonyl (C=O) groups excluding carboxylic acids is 4. The van der Waals surface area contributed by atoms with E-state index < -0.39 is 41.4 Å². The highest BCUT2D eigenvalue weighted by Gasteiger charge is 2.50. The van der Waals surface area contributed by atoms with E-state index in [1.54, 1.807) is 19.2 Å². The third-order valence-electron chi connectivity index (χ3n) is 5.53. The van der Waals surface area contributed by atoms with Crippen LogP contribution in [0.25, 0.3) is 0 Å². The lowest BCUT2D eigenvalue weighted by Crippen LogP contribution is -2.58. The van der Waals surface area contributed by atoms with Gasteiger partial charge in [0, 0.05) is 16.5 Å². The first kappa shape index (κ1) is 30.8. The minimum absolute atomic E-state index is 0.146. The molecule has 0 unspecified atom stereocenters. The Labute approximate surface area is 230 Å². The van der Waals surface area contributed by atoms with E-state index in [1.807, 2.05) is 20.1 Å². The van der Waals surface area contributed by atoms with Crippen LogP contribution in [0.3, 0.4) is 0 Å². The zero-order valence-electron chi connectivity index (χ0n) is 21.0. The molecule has 0 radical (unpaired) electrons. The highest BCUT2D eigenvalue weighted by Crippen LogP contribution is 2.29. The fraction of sp³-hybridized carbons (Fsp3) is 0.583. The van der Waals surface area contributed by atoms with Crippen molar-refractivity contribution >= 4 is 70.2 Å². The van der Waals surface area contributed by atoms with Crippen molar-refractivity contribution in [1.82, 2.24) is 16.0 Å². The van der Waals surface area contributed by atoms with Crippen LogP contribution in [-0.4, -0.2) is 77.9 Å². The van der Waals surface area contributed by atoms with Gasteiger partial charge in [-0.25, -0.2) is 0 Å². The minimum atomic E-state index is -0.924. The first-order valence-corrected chi connectivity index (χ1v) is 15.0. The summed E-state index contributed by atoms with van der Waals surface area (Å²) < 4.78 is 5.29. The first-order valence-electron chi connectivity index (χ1n) is 11.4. The lowest BCUT2D eigenvalue weighted by molar-refractivity contribution is -0.133. The van der Waals surface area contributed by atoms with E-state index in [0.29, 0.717) is 18.1 Å². The fourth-order valence-corrected chi connectivity index (χ4v) is 4.98. The van der Waals surface area contributed by atoms with Gasteiger partial charge in [-0.2, -0.15) is 23.5 Å². The Kier molecular flexibility index (Phi) is 11.9. The second-order valence-corrected chi connectivity index (χ2v) is 11.9.